The van der Waals surface area contributed by atoms with Crippen LogP contribution in [0.25, 0.3) is 0 Å². The van der Waals surface area contributed by atoms with Crippen molar-refractivity contribution < 1.29 is 9.53 Å². The first-order valence-electron chi connectivity index (χ1n) is 8.66. The average Bonchev–Trinajstić information content (AvgIpc) is 2.91. The average molecular weight is 317 g/mol. The molecule has 5 heteroatoms. The number of benzene rings is 1. The van der Waals surface area contributed by atoms with Gasteiger partial charge in [-0.2, -0.15) is 0 Å². The Kier molecular flexibility index (Phi) is 5.39. The maximum Gasteiger partial charge on any atom is 0.409 e. The van der Waals surface area contributed by atoms with Gasteiger partial charge in [0.05, 0.1) is 6.54 Å². The van der Waals surface area contributed by atoms with E-state index in [0.717, 1.165) is 52.1 Å². The Bertz CT molecular complexity index is 500. The molecular weight excluding hydrogens is 290 g/mol. The smallest absolute Gasteiger partial charge is 0.409 e. The lowest BCUT2D eigenvalue weighted by atomic mass is 10.1. The van der Waals surface area contributed by atoms with E-state index >= 15 is 0 Å². The largest absolute Gasteiger partial charge is 0.444 e. The Hall–Kier alpha value is -1.75. The second-order valence-electron chi connectivity index (χ2n) is 6.55. The van der Waals surface area contributed by atoms with Crippen molar-refractivity contribution in [3.8, 4) is 0 Å². The quantitative estimate of drug-likeness (QED) is 0.755. The Morgan fingerprint density at radius 2 is 1.83 bits per heavy atom. The van der Waals surface area contributed by atoms with Gasteiger partial charge < -0.3 is 14.5 Å². The summed E-state index contributed by atoms with van der Waals surface area (Å²) in [4.78, 5) is 18.0. The zero-order valence-electron chi connectivity index (χ0n) is 14.0. The maximum atomic E-state index is 11.3. The van der Waals surface area contributed by atoms with Crippen LogP contribution in [-0.2, 0) is 4.74 Å². The highest BCUT2D eigenvalue weighted by Gasteiger charge is 2.27. The second kappa shape index (κ2) is 7.68. The van der Waals surface area contributed by atoms with Gasteiger partial charge in [-0.1, -0.05) is 18.2 Å². The third-order valence-electron chi connectivity index (χ3n) is 4.80. The first-order chi connectivity index (χ1) is 11.2. The highest BCUT2D eigenvalue weighted by molar-refractivity contribution is 5.69. The molecule has 0 N–H and O–H groups in total. The van der Waals surface area contributed by atoms with Crippen molar-refractivity contribution >= 4 is 11.8 Å². The molecule has 2 aliphatic heterocycles. The van der Waals surface area contributed by atoms with Crippen molar-refractivity contribution in [2.24, 2.45) is 0 Å². The molecule has 0 unspecified atom stereocenters. The van der Waals surface area contributed by atoms with Crippen LogP contribution in [0.2, 0.25) is 0 Å². The first-order valence-corrected chi connectivity index (χ1v) is 8.66. The number of carbonyl (C=O) groups is 1. The standard InChI is InChI=1S/C18H27N3O2/c1-19-15-17(23-18(19)22)9-5-6-10-20-11-13-21(14-12-20)16-7-3-2-4-8-16/h2-4,7-8,17H,5-6,9-15H2,1H3/t17-/m1/s1. The highest BCUT2D eigenvalue weighted by atomic mass is 16.6. The van der Waals surface area contributed by atoms with Crippen molar-refractivity contribution in [1.29, 1.82) is 0 Å². The third-order valence-corrected chi connectivity index (χ3v) is 4.80. The van der Waals surface area contributed by atoms with Gasteiger partial charge in [-0.25, -0.2) is 4.79 Å². The van der Waals surface area contributed by atoms with Crippen LogP contribution < -0.4 is 4.90 Å². The van der Waals surface area contributed by atoms with Gasteiger partial charge in [0, 0.05) is 38.9 Å². The van der Waals surface area contributed by atoms with E-state index in [0.29, 0.717) is 0 Å². The number of amides is 1. The predicted molar refractivity (Wildman–Crippen MR) is 91.8 cm³/mol. The Morgan fingerprint density at radius 1 is 1.09 bits per heavy atom. The molecule has 3 rings (SSSR count). The van der Waals surface area contributed by atoms with E-state index in [4.69, 9.17) is 4.74 Å². The van der Waals surface area contributed by atoms with E-state index in [9.17, 15) is 4.79 Å². The fourth-order valence-electron chi connectivity index (χ4n) is 3.38. The van der Waals surface area contributed by atoms with Crippen molar-refractivity contribution in [1.82, 2.24) is 9.80 Å². The molecule has 1 amide bonds. The lowest BCUT2D eigenvalue weighted by molar-refractivity contribution is 0.128. The minimum atomic E-state index is -0.174. The first kappa shape index (κ1) is 16.1. The molecule has 23 heavy (non-hydrogen) atoms. The van der Waals surface area contributed by atoms with Crippen LogP contribution in [0.4, 0.5) is 10.5 Å². The Labute approximate surface area is 138 Å². The van der Waals surface area contributed by atoms with Crippen LogP contribution >= 0.6 is 0 Å². The predicted octanol–water partition coefficient (Wildman–Crippen LogP) is 2.43. The summed E-state index contributed by atoms with van der Waals surface area (Å²) < 4.78 is 5.30. The van der Waals surface area contributed by atoms with Gasteiger partial charge >= 0.3 is 6.09 Å². The number of ether oxygens (including phenoxy) is 1. The molecule has 0 aromatic heterocycles. The molecule has 0 radical (unpaired) electrons. The molecule has 2 saturated heterocycles. The number of cyclic esters (lactones) is 1. The number of likely N-dealkylation sites (N-methyl/N-ethyl adjacent to an activating group) is 1. The van der Waals surface area contributed by atoms with E-state index in [2.05, 4.69) is 40.1 Å². The van der Waals surface area contributed by atoms with Gasteiger partial charge in [-0.15, -0.1) is 0 Å². The Morgan fingerprint density at radius 3 is 2.48 bits per heavy atom. The van der Waals surface area contributed by atoms with Crippen molar-refractivity contribution in [2.45, 2.75) is 25.4 Å². The number of carbonyl (C=O) groups excluding carboxylic acids is 1. The fourth-order valence-corrected chi connectivity index (χ4v) is 3.38. The number of hydrogen-bond acceptors (Lipinski definition) is 4. The van der Waals surface area contributed by atoms with E-state index in [1.54, 1.807) is 11.9 Å². The van der Waals surface area contributed by atoms with Crippen molar-refractivity contribution in [3.05, 3.63) is 30.3 Å². The van der Waals surface area contributed by atoms with Crippen LogP contribution in [0, 0.1) is 0 Å². The molecule has 1 atom stereocenters. The molecule has 0 bridgehead atoms. The minimum absolute atomic E-state index is 0.0995. The minimum Gasteiger partial charge on any atom is -0.444 e. The lowest BCUT2D eigenvalue weighted by Crippen LogP contribution is -2.46. The molecule has 0 saturated carbocycles. The number of piperazine rings is 1. The van der Waals surface area contributed by atoms with E-state index in [1.165, 1.54) is 12.1 Å². The van der Waals surface area contributed by atoms with Gasteiger partial charge in [-0.05, 0) is 37.9 Å². The number of rotatable bonds is 6. The Balaban J connectivity index is 1.30. The van der Waals surface area contributed by atoms with Gasteiger partial charge in [0.15, 0.2) is 0 Å². The summed E-state index contributed by atoms with van der Waals surface area (Å²) >= 11 is 0. The van der Waals surface area contributed by atoms with E-state index < -0.39 is 0 Å². The van der Waals surface area contributed by atoms with Crippen LogP contribution in [0.15, 0.2) is 30.3 Å². The van der Waals surface area contributed by atoms with Gasteiger partial charge in [0.1, 0.15) is 6.10 Å². The lowest BCUT2D eigenvalue weighted by Gasteiger charge is -2.36. The number of anilines is 1. The molecule has 2 aliphatic rings. The summed E-state index contributed by atoms with van der Waals surface area (Å²) in [6.45, 7) is 6.38. The maximum absolute atomic E-state index is 11.3. The molecular formula is C18H27N3O2. The summed E-state index contributed by atoms with van der Waals surface area (Å²) in [5.74, 6) is 0. The summed E-state index contributed by atoms with van der Waals surface area (Å²) in [7, 11) is 1.80. The monoisotopic (exact) mass is 317 g/mol. The SMILES string of the molecule is CN1C[C@@H](CCCCN2CCN(c3ccccc3)CC2)OC1=O. The summed E-state index contributed by atoms with van der Waals surface area (Å²) in [6, 6.07) is 10.7. The van der Waals surface area contributed by atoms with Crippen LogP contribution in [0.5, 0.6) is 0 Å². The molecule has 0 spiro atoms. The fraction of sp³-hybridized carbons (Fsp3) is 0.611. The summed E-state index contributed by atoms with van der Waals surface area (Å²) in [6.07, 6.45) is 3.22. The number of unbranched alkanes of at least 4 members (excludes halogenated alkanes) is 1. The van der Waals surface area contributed by atoms with E-state index in [-0.39, 0.29) is 12.2 Å². The zero-order chi connectivity index (χ0) is 16.1. The molecule has 1 aromatic rings. The number of para-hydroxylation sites is 1. The molecule has 2 fully saturated rings. The van der Waals surface area contributed by atoms with Gasteiger partial charge in [-0.3, -0.25) is 4.90 Å². The van der Waals surface area contributed by atoms with Crippen molar-refractivity contribution in [2.75, 3.05) is 51.2 Å². The second-order valence-corrected chi connectivity index (χ2v) is 6.55. The number of hydrogen-bond donors (Lipinski definition) is 0. The summed E-state index contributed by atoms with van der Waals surface area (Å²) in [5, 5.41) is 0. The highest BCUT2D eigenvalue weighted by Crippen LogP contribution is 2.17. The molecule has 5 nitrogen and oxygen atoms in total. The molecule has 0 aliphatic carbocycles. The van der Waals surface area contributed by atoms with Crippen LogP contribution in [0.3, 0.4) is 0 Å². The summed E-state index contributed by atoms with van der Waals surface area (Å²) in [5.41, 5.74) is 1.33. The molecule has 126 valence electrons. The number of nitrogens with zero attached hydrogens (tertiary/aromatic N) is 3. The van der Waals surface area contributed by atoms with Crippen LogP contribution in [-0.4, -0.2) is 68.3 Å². The third kappa shape index (κ3) is 4.38. The van der Waals surface area contributed by atoms with Crippen LogP contribution in [0.1, 0.15) is 19.3 Å². The van der Waals surface area contributed by atoms with Gasteiger partial charge in [0.25, 0.3) is 0 Å². The normalized spacial score (nSPS) is 22.5. The molecule has 1 aromatic carbocycles. The van der Waals surface area contributed by atoms with Crippen molar-refractivity contribution in [3.63, 3.8) is 0 Å². The molecule has 2 heterocycles. The topological polar surface area (TPSA) is 36.0 Å². The van der Waals surface area contributed by atoms with Gasteiger partial charge in [0.2, 0.25) is 0 Å². The van der Waals surface area contributed by atoms with E-state index in [1.807, 2.05) is 0 Å². The zero-order valence-corrected chi connectivity index (χ0v) is 14.0.